The zero-order valence-corrected chi connectivity index (χ0v) is 21.1. The maximum atomic E-state index is 12.6. The molecule has 0 fully saturated rings. The number of alkyl halides is 3. The average Bonchev–Trinajstić information content (AvgIpc) is 3.26. The minimum atomic E-state index is -4.97. The molecule has 1 atom stereocenters. The number of pyridine rings is 1. The van der Waals surface area contributed by atoms with Gasteiger partial charge in [0.05, 0.1) is 28.5 Å². The van der Waals surface area contributed by atoms with Crippen molar-refractivity contribution in [2.75, 3.05) is 6.61 Å². The second-order valence-corrected chi connectivity index (χ2v) is 8.93. The minimum absolute atomic E-state index is 0.161. The number of aryl methyl sites for hydroxylation is 1. The molecular weight excluding hydrogens is 509 g/mol. The molecule has 0 aliphatic carbocycles. The number of nitrogens with zero attached hydrogens (tertiary/aromatic N) is 3. The van der Waals surface area contributed by atoms with Gasteiger partial charge in [-0.1, -0.05) is 61.8 Å². The predicted octanol–water partition coefficient (Wildman–Crippen LogP) is 5.15. The van der Waals surface area contributed by atoms with Crippen molar-refractivity contribution in [3.8, 4) is 11.4 Å². The lowest BCUT2D eigenvalue weighted by molar-refractivity contribution is -0.174. The SMILES string of the molecule is CC(C)C(COc1cc2cnn(-c3ccc(=O)n(C)c3)c2cc1Cl)NC(=O)C(F)(F)F.c1ccccc1. The van der Waals surface area contributed by atoms with E-state index >= 15 is 0 Å². The number of ether oxygens (including phenoxy) is 1. The zero-order valence-electron chi connectivity index (χ0n) is 20.4. The standard InChI is InChI=1S/C20H20ClF3N4O3.C6H6/c1-11(2)15(26-19(30)20(22,23)24)10-31-17-6-12-8-25-28(16(12)7-14(17)21)13-4-5-18(29)27(3)9-13;1-2-4-6-5-3-1/h4-9,11,15H,10H2,1-3H3,(H,26,30);1-6H. The molecule has 0 saturated carbocycles. The number of carbonyl (C=O) groups is 1. The fourth-order valence-electron chi connectivity index (χ4n) is 3.26. The van der Waals surface area contributed by atoms with Crippen LogP contribution in [0.4, 0.5) is 13.2 Å². The van der Waals surface area contributed by atoms with Crippen LogP contribution >= 0.6 is 11.6 Å². The Kier molecular flexibility index (Phi) is 8.99. The summed E-state index contributed by atoms with van der Waals surface area (Å²) in [7, 11) is 1.62. The van der Waals surface area contributed by atoms with Crippen LogP contribution in [-0.2, 0) is 11.8 Å². The molecule has 7 nitrogen and oxygen atoms in total. The van der Waals surface area contributed by atoms with Crippen molar-refractivity contribution in [3.05, 3.63) is 88.4 Å². The average molecular weight is 535 g/mol. The summed E-state index contributed by atoms with van der Waals surface area (Å²) >= 11 is 6.33. The highest BCUT2D eigenvalue weighted by Crippen LogP contribution is 2.31. The number of aromatic nitrogens is 3. The molecule has 2 heterocycles. The lowest BCUT2D eigenvalue weighted by atomic mass is 10.1. The van der Waals surface area contributed by atoms with Crippen LogP contribution in [0.25, 0.3) is 16.6 Å². The molecule has 2 aromatic carbocycles. The van der Waals surface area contributed by atoms with E-state index in [1.807, 2.05) is 41.7 Å². The normalized spacial score (nSPS) is 12.1. The molecule has 0 saturated heterocycles. The molecule has 4 aromatic rings. The van der Waals surface area contributed by atoms with Gasteiger partial charge in [-0.25, -0.2) is 4.68 Å². The number of carbonyl (C=O) groups excluding carboxylic acids is 1. The van der Waals surface area contributed by atoms with Crippen molar-refractivity contribution in [1.82, 2.24) is 19.7 Å². The Morgan fingerprint density at radius 1 is 1.11 bits per heavy atom. The molecule has 37 heavy (non-hydrogen) atoms. The smallest absolute Gasteiger partial charge is 0.471 e. The first-order valence-electron chi connectivity index (χ1n) is 11.3. The van der Waals surface area contributed by atoms with Gasteiger partial charge in [0.2, 0.25) is 5.56 Å². The molecule has 11 heteroatoms. The first kappa shape index (κ1) is 27.8. The van der Waals surface area contributed by atoms with Crippen LogP contribution in [0.1, 0.15) is 13.8 Å². The summed E-state index contributed by atoms with van der Waals surface area (Å²) in [4.78, 5) is 22.9. The van der Waals surface area contributed by atoms with Crippen LogP contribution in [0.5, 0.6) is 5.75 Å². The predicted molar refractivity (Wildman–Crippen MR) is 136 cm³/mol. The molecule has 1 N–H and O–H groups in total. The first-order valence-corrected chi connectivity index (χ1v) is 11.7. The van der Waals surface area contributed by atoms with Gasteiger partial charge in [0.1, 0.15) is 12.4 Å². The first-order chi connectivity index (χ1) is 17.5. The molecule has 2 aromatic heterocycles. The summed E-state index contributed by atoms with van der Waals surface area (Å²) in [6, 6.07) is 17.4. The van der Waals surface area contributed by atoms with E-state index < -0.39 is 18.1 Å². The number of hydrogen-bond donors (Lipinski definition) is 1. The molecule has 196 valence electrons. The highest BCUT2D eigenvalue weighted by atomic mass is 35.5. The second-order valence-electron chi connectivity index (χ2n) is 8.52. The molecule has 1 amide bonds. The van der Waals surface area contributed by atoms with Gasteiger partial charge in [0, 0.05) is 24.7 Å². The molecule has 0 aliphatic heterocycles. The van der Waals surface area contributed by atoms with Crippen molar-refractivity contribution in [2.24, 2.45) is 13.0 Å². The van der Waals surface area contributed by atoms with Crippen LogP contribution < -0.4 is 15.6 Å². The largest absolute Gasteiger partial charge is 0.490 e. The summed E-state index contributed by atoms with van der Waals surface area (Å²) in [5.74, 6) is -2.07. The maximum Gasteiger partial charge on any atom is 0.471 e. The lowest BCUT2D eigenvalue weighted by Gasteiger charge is -2.23. The van der Waals surface area contributed by atoms with Crippen LogP contribution in [0.3, 0.4) is 0 Å². The summed E-state index contributed by atoms with van der Waals surface area (Å²) in [5.41, 5.74) is 1.14. The highest BCUT2D eigenvalue weighted by Gasteiger charge is 2.40. The Hall–Kier alpha value is -3.79. The van der Waals surface area contributed by atoms with Gasteiger partial charge in [-0.3, -0.25) is 9.59 Å². The molecular formula is C26H26ClF3N4O3. The summed E-state index contributed by atoms with van der Waals surface area (Å²) in [5, 5.41) is 7.16. The van der Waals surface area contributed by atoms with Crippen molar-refractivity contribution < 1.29 is 22.7 Å². The monoisotopic (exact) mass is 534 g/mol. The Bertz CT molecular complexity index is 1380. The molecule has 0 spiro atoms. The minimum Gasteiger partial charge on any atom is -0.490 e. The molecule has 4 rings (SSSR count). The van der Waals surface area contributed by atoms with Gasteiger partial charge in [-0.15, -0.1) is 0 Å². The molecule has 0 aliphatic rings. The Morgan fingerprint density at radius 2 is 1.73 bits per heavy atom. The van der Waals surface area contributed by atoms with Crippen molar-refractivity contribution in [3.63, 3.8) is 0 Å². The number of rotatable bonds is 6. The highest BCUT2D eigenvalue weighted by molar-refractivity contribution is 6.32. The van der Waals surface area contributed by atoms with E-state index in [9.17, 15) is 22.8 Å². The van der Waals surface area contributed by atoms with Gasteiger partial charge in [-0.2, -0.15) is 18.3 Å². The van der Waals surface area contributed by atoms with Gasteiger partial charge < -0.3 is 14.6 Å². The van der Waals surface area contributed by atoms with E-state index in [1.165, 1.54) is 10.6 Å². The van der Waals surface area contributed by atoms with Crippen molar-refractivity contribution in [2.45, 2.75) is 26.1 Å². The third-order valence-corrected chi connectivity index (χ3v) is 5.70. The number of benzene rings is 2. The number of hydrogen-bond acceptors (Lipinski definition) is 4. The van der Waals surface area contributed by atoms with Crippen LogP contribution in [0.15, 0.2) is 77.9 Å². The lowest BCUT2D eigenvalue weighted by Crippen LogP contribution is -2.48. The molecule has 1 unspecified atom stereocenters. The van der Waals surface area contributed by atoms with E-state index in [2.05, 4.69) is 5.10 Å². The summed E-state index contributed by atoms with van der Waals surface area (Å²) < 4.78 is 46.3. The third kappa shape index (κ3) is 7.36. The van der Waals surface area contributed by atoms with E-state index in [0.717, 1.165) is 0 Å². The van der Waals surface area contributed by atoms with Gasteiger partial charge >= 0.3 is 12.1 Å². The van der Waals surface area contributed by atoms with Gasteiger partial charge in [0.15, 0.2) is 0 Å². The van der Waals surface area contributed by atoms with Crippen LogP contribution in [0.2, 0.25) is 5.02 Å². The van der Waals surface area contributed by atoms with Crippen LogP contribution in [-0.4, -0.2) is 39.1 Å². The van der Waals surface area contributed by atoms with Gasteiger partial charge in [-0.05, 0) is 24.1 Å². The summed E-state index contributed by atoms with van der Waals surface area (Å²) in [6.07, 6.45) is -1.77. The number of fused-ring (bicyclic) bond motifs is 1. The Labute approximate surface area is 216 Å². The topological polar surface area (TPSA) is 78.2 Å². The number of halogens is 4. The summed E-state index contributed by atoms with van der Waals surface area (Å²) in [6.45, 7) is 3.15. The quantitative estimate of drug-likeness (QED) is 0.371. The molecule has 0 bridgehead atoms. The third-order valence-electron chi connectivity index (χ3n) is 5.40. The zero-order chi connectivity index (χ0) is 27.2. The van der Waals surface area contributed by atoms with Gasteiger partial charge in [0.25, 0.3) is 0 Å². The van der Waals surface area contributed by atoms with Crippen molar-refractivity contribution in [1.29, 1.82) is 0 Å². The maximum absolute atomic E-state index is 12.6. The fourth-order valence-corrected chi connectivity index (χ4v) is 3.48. The van der Waals surface area contributed by atoms with E-state index in [0.29, 0.717) is 16.6 Å². The van der Waals surface area contributed by atoms with Crippen molar-refractivity contribution >= 4 is 28.4 Å². The van der Waals surface area contributed by atoms with E-state index in [4.69, 9.17) is 16.3 Å². The Morgan fingerprint density at radius 3 is 2.27 bits per heavy atom. The molecule has 0 radical (unpaired) electrons. The van der Waals surface area contributed by atoms with Crippen LogP contribution in [0, 0.1) is 5.92 Å². The Balaban J connectivity index is 0.000000555. The van der Waals surface area contributed by atoms with E-state index in [1.54, 1.807) is 56.2 Å². The second kappa shape index (κ2) is 12.0. The fraction of sp³-hybridized carbons (Fsp3) is 0.269. The number of amides is 1. The van der Waals surface area contributed by atoms with E-state index in [-0.39, 0.29) is 28.9 Å². The number of nitrogens with one attached hydrogen (secondary N) is 1.